The molecule has 0 bridgehead atoms. The van der Waals surface area contributed by atoms with Gasteiger partial charge in [0.25, 0.3) is 0 Å². The van der Waals surface area contributed by atoms with Gasteiger partial charge < -0.3 is 0 Å². The topological polar surface area (TPSA) is 58.6 Å². The molecular weight excluding hydrogens is 318 g/mol. The van der Waals surface area contributed by atoms with Crippen molar-refractivity contribution in [2.45, 2.75) is 30.7 Å². The van der Waals surface area contributed by atoms with Crippen molar-refractivity contribution in [3.8, 4) is 11.4 Å². The summed E-state index contributed by atoms with van der Waals surface area (Å²) in [7, 11) is 0. The lowest BCUT2D eigenvalue weighted by Gasteiger charge is -2.07. The van der Waals surface area contributed by atoms with Crippen molar-refractivity contribution in [2.24, 2.45) is 0 Å². The third kappa shape index (κ3) is 3.74. The first-order valence-corrected chi connectivity index (χ1v) is 8.83. The molecule has 1 atom stereocenters. The summed E-state index contributed by atoms with van der Waals surface area (Å²) in [6.45, 7) is 4.01. The van der Waals surface area contributed by atoms with Crippen LogP contribution in [0.1, 0.15) is 29.8 Å². The Morgan fingerprint density at radius 1 is 1.12 bits per heavy atom. The van der Waals surface area contributed by atoms with Gasteiger partial charge in [0.15, 0.2) is 11.6 Å². The summed E-state index contributed by atoms with van der Waals surface area (Å²) in [5.41, 5.74) is 2.99. The van der Waals surface area contributed by atoms with E-state index in [1.54, 1.807) is 0 Å². The van der Waals surface area contributed by atoms with E-state index in [-0.39, 0.29) is 11.0 Å². The summed E-state index contributed by atoms with van der Waals surface area (Å²) in [5.74, 6) is 0.804. The van der Waals surface area contributed by atoms with Gasteiger partial charge in [-0.25, -0.2) is 4.98 Å². The van der Waals surface area contributed by atoms with Crippen LogP contribution >= 0.6 is 11.8 Å². The van der Waals surface area contributed by atoms with E-state index in [2.05, 4.69) is 34.2 Å². The minimum atomic E-state index is -0.237. The Morgan fingerprint density at radius 3 is 2.50 bits per heavy atom. The Balaban J connectivity index is 1.70. The van der Waals surface area contributed by atoms with Gasteiger partial charge in [-0.05, 0) is 18.9 Å². The van der Waals surface area contributed by atoms with E-state index in [0.717, 1.165) is 17.8 Å². The van der Waals surface area contributed by atoms with Gasteiger partial charge in [-0.3, -0.25) is 9.89 Å². The fraction of sp³-hybridized carbons (Fsp3) is 0.211. The van der Waals surface area contributed by atoms with Crippen LogP contribution in [-0.4, -0.2) is 26.2 Å². The fourth-order valence-corrected chi connectivity index (χ4v) is 3.18. The minimum absolute atomic E-state index is 0.0826. The Hall–Kier alpha value is -2.40. The molecule has 0 aliphatic rings. The molecule has 0 aliphatic heterocycles. The predicted octanol–water partition coefficient (Wildman–Crippen LogP) is 4.40. The number of aromatic amines is 1. The highest BCUT2D eigenvalue weighted by atomic mass is 32.2. The number of H-pyrrole nitrogens is 1. The zero-order valence-corrected chi connectivity index (χ0v) is 14.5. The molecule has 5 heteroatoms. The molecule has 1 heterocycles. The van der Waals surface area contributed by atoms with Gasteiger partial charge in [0.05, 0.1) is 5.25 Å². The van der Waals surface area contributed by atoms with Crippen molar-refractivity contribution < 1.29 is 4.79 Å². The number of aromatic nitrogens is 3. The maximum Gasteiger partial charge on any atom is 0.209 e. The van der Waals surface area contributed by atoms with Gasteiger partial charge in [0, 0.05) is 11.1 Å². The maximum absolute atomic E-state index is 12.4. The van der Waals surface area contributed by atoms with Crippen molar-refractivity contribution in [3.63, 3.8) is 0 Å². The summed E-state index contributed by atoms with van der Waals surface area (Å²) < 4.78 is 0. The number of Topliss-reactive ketones (excluding diaryl/α,β-unsaturated/α-hetero) is 1. The van der Waals surface area contributed by atoms with Crippen molar-refractivity contribution in [1.29, 1.82) is 0 Å². The molecule has 1 aromatic heterocycles. The zero-order valence-electron chi connectivity index (χ0n) is 13.7. The first-order chi connectivity index (χ1) is 11.7. The number of nitrogens with zero attached hydrogens (tertiary/aromatic N) is 2. The third-order valence-corrected chi connectivity index (χ3v) is 4.77. The normalized spacial score (nSPS) is 12.1. The van der Waals surface area contributed by atoms with E-state index in [1.165, 1.54) is 17.3 Å². The average Bonchev–Trinajstić information content (AvgIpc) is 3.10. The maximum atomic E-state index is 12.4. The molecule has 0 saturated heterocycles. The lowest BCUT2D eigenvalue weighted by molar-refractivity contribution is 0.0994. The predicted molar refractivity (Wildman–Crippen MR) is 97.3 cm³/mol. The second kappa shape index (κ2) is 7.45. The summed E-state index contributed by atoms with van der Waals surface area (Å²) in [6.07, 6.45) is 1.01. The molecule has 0 radical (unpaired) electrons. The van der Waals surface area contributed by atoms with Crippen molar-refractivity contribution in [1.82, 2.24) is 15.2 Å². The Kier molecular flexibility index (Phi) is 5.11. The number of rotatable bonds is 6. The molecular formula is C19H19N3OS. The van der Waals surface area contributed by atoms with Crippen molar-refractivity contribution in [3.05, 3.63) is 65.7 Å². The Morgan fingerprint density at radius 2 is 1.83 bits per heavy atom. The highest BCUT2D eigenvalue weighted by Gasteiger charge is 2.18. The number of aryl methyl sites for hydroxylation is 1. The molecule has 0 fully saturated rings. The molecule has 3 rings (SSSR count). The zero-order chi connectivity index (χ0) is 16.9. The minimum Gasteiger partial charge on any atom is -0.293 e. The Bertz CT molecular complexity index is 812. The SMILES string of the molecule is CCc1ccc(-c2nc(SC(C)C(=O)c3ccccc3)n[nH]2)cc1. The van der Waals surface area contributed by atoms with E-state index in [0.29, 0.717) is 10.7 Å². The largest absolute Gasteiger partial charge is 0.293 e. The second-order valence-corrected chi connectivity index (χ2v) is 6.82. The first kappa shape index (κ1) is 16.5. The monoisotopic (exact) mass is 337 g/mol. The number of thioether (sulfide) groups is 1. The van der Waals surface area contributed by atoms with E-state index in [1.807, 2.05) is 49.4 Å². The van der Waals surface area contributed by atoms with Crippen LogP contribution in [0.3, 0.4) is 0 Å². The highest BCUT2D eigenvalue weighted by Crippen LogP contribution is 2.25. The van der Waals surface area contributed by atoms with Crippen LogP contribution in [-0.2, 0) is 6.42 Å². The summed E-state index contributed by atoms with van der Waals surface area (Å²) in [5, 5.41) is 7.52. The molecule has 0 spiro atoms. The molecule has 122 valence electrons. The molecule has 0 aliphatic carbocycles. The lowest BCUT2D eigenvalue weighted by atomic mass is 10.1. The van der Waals surface area contributed by atoms with Gasteiger partial charge in [-0.15, -0.1) is 5.10 Å². The fourth-order valence-electron chi connectivity index (χ4n) is 2.38. The molecule has 1 unspecified atom stereocenters. The highest BCUT2D eigenvalue weighted by molar-refractivity contribution is 8.00. The molecule has 24 heavy (non-hydrogen) atoms. The van der Waals surface area contributed by atoms with Gasteiger partial charge >= 0.3 is 0 Å². The van der Waals surface area contributed by atoms with Gasteiger partial charge in [0.2, 0.25) is 5.16 Å². The number of hydrogen-bond donors (Lipinski definition) is 1. The Labute approximate surface area is 145 Å². The van der Waals surface area contributed by atoms with Crippen molar-refractivity contribution >= 4 is 17.5 Å². The van der Waals surface area contributed by atoms with E-state index in [9.17, 15) is 4.79 Å². The quantitative estimate of drug-likeness (QED) is 0.535. The number of carbonyl (C=O) groups is 1. The van der Waals surface area contributed by atoms with E-state index < -0.39 is 0 Å². The van der Waals surface area contributed by atoms with Gasteiger partial charge in [-0.1, -0.05) is 73.3 Å². The van der Waals surface area contributed by atoms with Crippen LogP contribution in [0.5, 0.6) is 0 Å². The standard InChI is InChI=1S/C19H19N3OS/c1-3-14-9-11-16(12-10-14)18-20-19(22-21-18)24-13(2)17(23)15-7-5-4-6-8-15/h4-13H,3H2,1-2H3,(H,20,21,22). The lowest BCUT2D eigenvalue weighted by Crippen LogP contribution is -2.13. The van der Waals surface area contributed by atoms with Gasteiger partial charge in [0.1, 0.15) is 0 Å². The second-order valence-electron chi connectivity index (χ2n) is 5.51. The van der Waals surface area contributed by atoms with Crippen molar-refractivity contribution in [2.75, 3.05) is 0 Å². The number of nitrogens with one attached hydrogen (secondary N) is 1. The van der Waals surface area contributed by atoms with Crippen LogP contribution in [0, 0.1) is 0 Å². The van der Waals surface area contributed by atoms with Gasteiger partial charge in [-0.2, -0.15) is 0 Å². The van der Waals surface area contributed by atoms with E-state index >= 15 is 0 Å². The smallest absolute Gasteiger partial charge is 0.209 e. The first-order valence-electron chi connectivity index (χ1n) is 7.95. The number of benzene rings is 2. The summed E-state index contributed by atoms with van der Waals surface area (Å²) >= 11 is 1.37. The number of hydrogen-bond acceptors (Lipinski definition) is 4. The molecule has 2 aromatic carbocycles. The summed E-state index contributed by atoms with van der Waals surface area (Å²) in [6, 6.07) is 17.6. The molecule has 3 aromatic rings. The number of carbonyl (C=O) groups excluding carboxylic acids is 1. The van der Waals surface area contributed by atoms with Crippen LogP contribution in [0.15, 0.2) is 59.8 Å². The van der Waals surface area contributed by atoms with Crippen LogP contribution in [0.4, 0.5) is 0 Å². The summed E-state index contributed by atoms with van der Waals surface area (Å²) in [4.78, 5) is 16.9. The molecule has 1 N–H and O–H groups in total. The third-order valence-electron chi connectivity index (χ3n) is 3.81. The molecule has 0 amide bonds. The average molecular weight is 337 g/mol. The van der Waals surface area contributed by atoms with Crippen LogP contribution in [0.25, 0.3) is 11.4 Å². The van der Waals surface area contributed by atoms with E-state index in [4.69, 9.17) is 0 Å². The van der Waals surface area contributed by atoms with Crippen LogP contribution < -0.4 is 0 Å². The molecule has 0 saturated carbocycles. The number of ketones is 1. The molecule has 4 nitrogen and oxygen atoms in total. The van der Waals surface area contributed by atoms with Crippen LogP contribution in [0.2, 0.25) is 0 Å².